The molecule has 6 nitrogen and oxygen atoms in total. The summed E-state index contributed by atoms with van der Waals surface area (Å²) in [6, 6.07) is 17.8. The summed E-state index contributed by atoms with van der Waals surface area (Å²) in [4.78, 5) is 26.4. The fourth-order valence-electron chi connectivity index (χ4n) is 5.55. The first-order valence-corrected chi connectivity index (χ1v) is 12.4. The van der Waals surface area contributed by atoms with Crippen molar-refractivity contribution in [3.05, 3.63) is 76.3 Å². The number of ether oxygens (including phenoxy) is 1. The Bertz CT molecular complexity index is 1280. The van der Waals surface area contributed by atoms with Crippen molar-refractivity contribution in [1.82, 2.24) is 10.2 Å². The molecule has 0 bridgehead atoms. The van der Waals surface area contributed by atoms with Gasteiger partial charge in [-0.1, -0.05) is 48.0 Å². The lowest BCUT2D eigenvalue weighted by Gasteiger charge is -2.41. The van der Waals surface area contributed by atoms with E-state index in [1.165, 1.54) is 4.90 Å². The maximum atomic E-state index is 13.4. The van der Waals surface area contributed by atoms with E-state index in [4.69, 9.17) is 16.3 Å². The Morgan fingerprint density at radius 2 is 1.91 bits per heavy atom. The molecule has 3 aromatic rings. The highest BCUT2D eigenvalue weighted by molar-refractivity contribution is 6.31. The highest BCUT2D eigenvalue weighted by atomic mass is 35.5. The summed E-state index contributed by atoms with van der Waals surface area (Å²) < 4.78 is 5.67. The Balaban J connectivity index is 1.40. The maximum absolute atomic E-state index is 13.4. The fourth-order valence-corrected chi connectivity index (χ4v) is 5.78. The van der Waals surface area contributed by atoms with Crippen molar-refractivity contribution < 1.29 is 19.4 Å². The molecule has 35 heavy (non-hydrogen) atoms. The molecule has 1 atom stereocenters. The van der Waals surface area contributed by atoms with Gasteiger partial charge in [0.2, 0.25) is 5.91 Å². The lowest BCUT2D eigenvalue weighted by molar-refractivity contribution is -0.123. The Labute approximate surface area is 209 Å². The van der Waals surface area contributed by atoms with Crippen LogP contribution in [0.3, 0.4) is 0 Å². The van der Waals surface area contributed by atoms with Gasteiger partial charge in [-0.3, -0.25) is 4.79 Å². The minimum absolute atomic E-state index is 0.0536. The first-order valence-electron chi connectivity index (χ1n) is 12.1. The van der Waals surface area contributed by atoms with E-state index in [1.807, 2.05) is 55.5 Å². The molecular weight excluding hydrogens is 464 g/mol. The van der Waals surface area contributed by atoms with Crippen LogP contribution in [-0.2, 0) is 16.6 Å². The van der Waals surface area contributed by atoms with Crippen LogP contribution >= 0.6 is 11.6 Å². The molecule has 2 heterocycles. The lowest BCUT2D eigenvalue weighted by Crippen LogP contribution is -2.47. The van der Waals surface area contributed by atoms with E-state index in [0.717, 1.165) is 39.6 Å². The third-order valence-corrected chi connectivity index (χ3v) is 7.71. The van der Waals surface area contributed by atoms with Gasteiger partial charge in [-0.2, -0.15) is 0 Å². The zero-order chi connectivity index (χ0) is 24.6. The Hall–Kier alpha value is -3.25. The van der Waals surface area contributed by atoms with Gasteiger partial charge in [0.25, 0.3) is 0 Å². The summed E-state index contributed by atoms with van der Waals surface area (Å²) in [6.45, 7) is 3.46. The van der Waals surface area contributed by atoms with Crippen molar-refractivity contribution in [3.63, 3.8) is 0 Å². The van der Waals surface area contributed by atoms with Crippen molar-refractivity contribution in [2.75, 3.05) is 19.7 Å². The quantitative estimate of drug-likeness (QED) is 0.478. The average molecular weight is 493 g/mol. The normalized spacial score (nSPS) is 17.5. The third-order valence-electron chi connectivity index (χ3n) is 7.49. The van der Waals surface area contributed by atoms with Gasteiger partial charge in [-0.25, -0.2) is 4.79 Å². The Morgan fingerprint density at radius 1 is 1.14 bits per heavy atom. The molecule has 3 aromatic carbocycles. The van der Waals surface area contributed by atoms with Crippen LogP contribution in [0.1, 0.15) is 48.9 Å². The van der Waals surface area contributed by atoms with E-state index in [0.29, 0.717) is 44.0 Å². The molecule has 1 fully saturated rings. The van der Waals surface area contributed by atoms with Crippen LogP contribution in [0.15, 0.2) is 54.6 Å². The molecule has 7 heteroatoms. The highest BCUT2D eigenvalue weighted by Crippen LogP contribution is 2.41. The maximum Gasteiger partial charge on any atom is 0.407 e. The summed E-state index contributed by atoms with van der Waals surface area (Å²) >= 11 is 6.37. The number of likely N-dealkylation sites (tertiary alicyclic amines) is 1. The van der Waals surface area contributed by atoms with Crippen LogP contribution in [-0.4, -0.2) is 41.7 Å². The Kier molecular flexibility index (Phi) is 6.32. The second-order valence-electron chi connectivity index (χ2n) is 9.65. The van der Waals surface area contributed by atoms with Gasteiger partial charge in [0, 0.05) is 36.4 Å². The topological polar surface area (TPSA) is 78.9 Å². The van der Waals surface area contributed by atoms with Gasteiger partial charge < -0.3 is 20.1 Å². The minimum Gasteiger partial charge on any atom is -0.493 e. The molecule has 2 aliphatic heterocycles. The minimum atomic E-state index is -0.910. The van der Waals surface area contributed by atoms with E-state index < -0.39 is 11.5 Å². The zero-order valence-corrected chi connectivity index (χ0v) is 20.5. The standard InChI is InChI=1S/C28H29ClN2O4/c1-18(24-16-22(29)15-19-4-2-3-5-23(19)24)30-26(32)17-28(9-11-31(12-10-28)27(33)34)21-6-7-25-20(14-21)8-13-35-25/h2-7,14-16,18H,8-13,17H2,1H3,(H,30,32)(H,33,34). The highest BCUT2D eigenvalue weighted by Gasteiger charge is 2.40. The number of carboxylic acid groups (broad SMARTS) is 1. The number of hydrogen-bond acceptors (Lipinski definition) is 3. The Morgan fingerprint density at radius 3 is 2.69 bits per heavy atom. The van der Waals surface area contributed by atoms with Crippen molar-refractivity contribution in [1.29, 1.82) is 0 Å². The predicted molar refractivity (Wildman–Crippen MR) is 136 cm³/mol. The van der Waals surface area contributed by atoms with E-state index in [9.17, 15) is 14.7 Å². The van der Waals surface area contributed by atoms with Gasteiger partial charge >= 0.3 is 6.09 Å². The number of carbonyl (C=O) groups excluding carboxylic acids is 1. The van der Waals surface area contributed by atoms with Gasteiger partial charge in [0.15, 0.2) is 0 Å². The molecule has 2 aliphatic rings. The summed E-state index contributed by atoms with van der Waals surface area (Å²) in [5.74, 6) is 0.847. The molecule has 0 aliphatic carbocycles. The van der Waals surface area contributed by atoms with Crippen molar-refractivity contribution in [3.8, 4) is 5.75 Å². The summed E-state index contributed by atoms with van der Waals surface area (Å²) in [7, 11) is 0. The first kappa shape index (κ1) is 23.5. The number of rotatable bonds is 5. The van der Waals surface area contributed by atoms with Gasteiger partial charge in [0.05, 0.1) is 12.6 Å². The second-order valence-corrected chi connectivity index (χ2v) is 10.1. The fraction of sp³-hybridized carbons (Fsp3) is 0.357. The monoisotopic (exact) mass is 492 g/mol. The number of amides is 2. The number of carbonyl (C=O) groups is 2. The van der Waals surface area contributed by atoms with Gasteiger partial charge in [0.1, 0.15) is 5.75 Å². The number of piperidine rings is 1. The van der Waals surface area contributed by atoms with Crippen molar-refractivity contribution in [2.45, 2.75) is 44.1 Å². The van der Waals surface area contributed by atoms with Crippen molar-refractivity contribution >= 4 is 34.4 Å². The number of fused-ring (bicyclic) bond motifs is 2. The van der Waals surface area contributed by atoms with E-state index in [-0.39, 0.29) is 11.9 Å². The van der Waals surface area contributed by atoms with Crippen LogP contribution in [0.4, 0.5) is 4.79 Å². The number of halogens is 1. The van der Waals surface area contributed by atoms with Crippen molar-refractivity contribution in [2.24, 2.45) is 0 Å². The van der Waals surface area contributed by atoms with E-state index in [2.05, 4.69) is 11.4 Å². The molecule has 182 valence electrons. The molecule has 2 N–H and O–H groups in total. The predicted octanol–water partition coefficient (Wildman–Crippen LogP) is 5.71. The zero-order valence-electron chi connectivity index (χ0n) is 19.7. The van der Waals surface area contributed by atoms with Gasteiger partial charge in [-0.05, 0) is 65.4 Å². The van der Waals surface area contributed by atoms with E-state index >= 15 is 0 Å². The summed E-state index contributed by atoms with van der Waals surface area (Å²) in [6.07, 6.45) is 1.43. The molecule has 0 spiro atoms. The number of nitrogens with one attached hydrogen (secondary N) is 1. The number of nitrogens with zero attached hydrogens (tertiary/aromatic N) is 1. The summed E-state index contributed by atoms with van der Waals surface area (Å²) in [5, 5.41) is 15.4. The SMILES string of the molecule is CC(NC(=O)CC1(c2ccc3c(c2)CCO3)CCN(C(=O)O)CC1)c1cc(Cl)cc2ccccc12. The second kappa shape index (κ2) is 9.42. The van der Waals surface area contributed by atoms with Crippen LogP contribution in [0, 0.1) is 0 Å². The number of hydrogen-bond donors (Lipinski definition) is 2. The molecule has 1 unspecified atom stereocenters. The molecule has 2 amide bonds. The number of benzene rings is 3. The molecule has 1 saturated heterocycles. The molecule has 0 radical (unpaired) electrons. The van der Waals surface area contributed by atoms with Crippen LogP contribution in [0.5, 0.6) is 5.75 Å². The first-order chi connectivity index (χ1) is 16.8. The molecule has 0 aromatic heterocycles. The largest absolute Gasteiger partial charge is 0.493 e. The lowest BCUT2D eigenvalue weighted by atomic mass is 9.70. The van der Waals surface area contributed by atoms with E-state index in [1.54, 1.807) is 0 Å². The molecule has 0 saturated carbocycles. The average Bonchev–Trinajstić information content (AvgIpc) is 3.31. The smallest absolute Gasteiger partial charge is 0.407 e. The van der Waals surface area contributed by atoms with Crippen LogP contribution in [0.25, 0.3) is 10.8 Å². The molecule has 5 rings (SSSR count). The van der Waals surface area contributed by atoms with Crippen LogP contribution < -0.4 is 10.1 Å². The molecular formula is C28H29ClN2O4. The van der Waals surface area contributed by atoms with Crippen LogP contribution in [0.2, 0.25) is 5.02 Å². The van der Waals surface area contributed by atoms with Gasteiger partial charge in [-0.15, -0.1) is 0 Å². The summed E-state index contributed by atoms with van der Waals surface area (Å²) in [5.41, 5.74) is 2.79. The third kappa shape index (κ3) is 4.67.